The Bertz CT molecular complexity index is 13.5. The van der Waals surface area contributed by atoms with E-state index in [0.717, 1.165) is 0 Å². The van der Waals surface area contributed by atoms with Crippen molar-refractivity contribution in [3.8, 4) is 0 Å². The Balaban J connectivity index is 0. The summed E-state index contributed by atoms with van der Waals surface area (Å²) in [6, 6.07) is 0. The van der Waals surface area contributed by atoms with Crippen molar-refractivity contribution in [1.29, 1.82) is 0 Å². The fourth-order valence-corrected chi connectivity index (χ4v) is 0. The van der Waals surface area contributed by atoms with Gasteiger partial charge in [0.15, 0.2) is 0 Å². The van der Waals surface area contributed by atoms with E-state index in [1.54, 1.807) is 0 Å². The van der Waals surface area contributed by atoms with Gasteiger partial charge < -0.3 is 2.85 Å². The molecule has 0 saturated heterocycles. The van der Waals surface area contributed by atoms with Gasteiger partial charge in [-0.1, -0.05) is 0 Å². The van der Waals surface area contributed by atoms with E-state index in [-0.39, 0.29) is 95.4 Å². The minimum absolute atomic E-state index is 0. The maximum absolute atomic E-state index is 0. The van der Waals surface area contributed by atoms with E-state index in [1.807, 2.05) is 0 Å². The van der Waals surface area contributed by atoms with E-state index in [4.69, 9.17) is 0 Å². The molecule has 4 heavy (non-hydrogen) atoms. The maximum Gasteiger partial charge on any atom is 1.00 e. The first kappa shape index (κ1) is 27.7. The van der Waals surface area contributed by atoms with Gasteiger partial charge in [0.05, 0.1) is 0 Å². The second kappa shape index (κ2) is 16.6. The van der Waals surface area contributed by atoms with Gasteiger partial charge in [0, 0.05) is 44.1 Å². The van der Waals surface area contributed by atoms with Crippen molar-refractivity contribution in [2.45, 2.75) is 0 Å². The molecule has 0 nitrogen and oxygen atoms in total. The van der Waals surface area contributed by atoms with Crippen LogP contribution in [0.5, 0.6) is 0 Å². The summed E-state index contributed by atoms with van der Waals surface area (Å²) in [6.07, 6.45) is 0. The Morgan fingerprint density at radius 2 is 1.25 bits per heavy atom. The van der Waals surface area contributed by atoms with Crippen LogP contribution in [0.1, 0.15) is 2.85 Å². The van der Waals surface area contributed by atoms with Crippen LogP contribution in [-0.2, 0) is 44.1 Å². The molecular formula is H2LiNaNbTi. The fraction of sp³-hybridized carbons (Fsp3) is 0. The number of rotatable bonds is 0. The molecule has 0 aliphatic heterocycles. The molecule has 0 rings (SSSR count). The molecule has 0 atom stereocenters. The van der Waals surface area contributed by atoms with Crippen LogP contribution in [0.3, 0.4) is 0 Å². The van der Waals surface area contributed by atoms with Crippen molar-refractivity contribution in [1.82, 2.24) is 0 Å². The van der Waals surface area contributed by atoms with Gasteiger partial charge in [-0.05, 0) is 0 Å². The molecule has 0 aromatic rings. The molecule has 0 saturated carbocycles. The zero-order valence-corrected chi connectivity index (χ0v) is 8.71. The summed E-state index contributed by atoms with van der Waals surface area (Å²) in [5.41, 5.74) is 0. The van der Waals surface area contributed by atoms with Crippen molar-refractivity contribution in [2.75, 3.05) is 0 Å². The molecule has 0 aliphatic rings. The van der Waals surface area contributed by atoms with Crippen LogP contribution in [0.2, 0.25) is 0 Å². The molecule has 4 heteroatoms. The largest absolute Gasteiger partial charge is 1.00 e. The first-order valence-electron chi connectivity index (χ1n) is 0. The summed E-state index contributed by atoms with van der Waals surface area (Å²) >= 11 is 0. The summed E-state index contributed by atoms with van der Waals surface area (Å²) < 4.78 is 0. The van der Waals surface area contributed by atoms with Crippen LogP contribution in [0.15, 0.2) is 0 Å². The third kappa shape index (κ3) is 8.90. The van der Waals surface area contributed by atoms with Gasteiger partial charge in [0.2, 0.25) is 0 Å². The van der Waals surface area contributed by atoms with E-state index in [1.165, 1.54) is 0 Å². The van der Waals surface area contributed by atoms with Gasteiger partial charge in [-0.25, -0.2) is 0 Å². The van der Waals surface area contributed by atoms with Crippen LogP contribution in [0.25, 0.3) is 0 Å². The second-order valence-corrected chi connectivity index (χ2v) is 0. The molecule has 0 aromatic carbocycles. The van der Waals surface area contributed by atoms with Gasteiger partial charge in [-0.3, -0.25) is 0 Å². The van der Waals surface area contributed by atoms with Gasteiger partial charge in [-0.15, -0.1) is 0 Å². The van der Waals surface area contributed by atoms with E-state index in [9.17, 15) is 0 Å². The second-order valence-electron chi connectivity index (χ2n) is 0. The SMILES string of the molecule is [H-].[H-].[Li+].[Na+].[Nb].[Ti]. The van der Waals surface area contributed by atoms with Crippen LogP contribution < -0.4 is 48.4 Å². The number of hydrogen-bond donors (Lipinski definition) is 0. The van der Waals surface area contributed by atoms with Gasteiger partial charge >= 0.3 is 48.4 Å². The molecule has 0 aromatic heterocycles. The minimum atomic E-state index is 0. The molecule has 0 bridgehead atoms. The summed E-state index contributed by atoms with van der Waals surface area (Å²) in [5.74, 6) is 0. The maximum atomic E-state index is 0. The Kier molecular flexibility index (Phi) is 115. The van der Waals surface area contributed by atoms with Gasteiger partial charge in [0.25, 0.3) is 0 Å². The van der Waals surface area contributed by atoms with Gasteiger partial charge in [-0.2, -0.15) is 0 Å². The molecule has 0 unspecified atom stereocenters. The smallest absolute Gasteiger partial charge is 1.00 e. The van der Waals surface area contributed by atoms with E-state index in [2.05, 4.69) is 0 Å². The molecule has 0 heterocycles. The van der Waals surface area contributed by atoms with Crippen molar-refractivity contribution in [3.05, 3.63) is 0 Å². The summed E-state index contributed by atoms with van der Waals surface area (Å²) in [4.78, 5) is 0. The predicted molar refractivity (Wildman–Crippen MR) is 2.22 cm³/mol. The third-order valence-electron chi connectivity index (χ3n) is 0. The van der Waals surface area contributed by atoms with Crippen LogP contribution in [-0.4, -0.2) is 0 Å². The Labute approximate surface area is 93.7 Å². The molecule has 0 aliphatic carbocycles. The topological polar surface area (TPSA) is 0 Å². The molecule has 0 fully saturated rings. The zero-order valence-electron chi connectivity index (χ0n) is 4.95. The first-order valence-corrected chi connectivity index (χ1v) is 0. The summed E-state index contributed by atoms with van der Waals surface area (Å²) in [6.45, 7) is 0. The molecule has 1 radical (unpaired) electrons. The van der Waals surface area contributed by atoms with Crippen LogP contribution >= 0.6 is 0 Å². The standard InChI is InChI=1S/Li.Na.Nb.Ti.2H/q2*+1;;;2*-1. The molecule has 0 spiro atoms. The Morgan fingerprint density at radius 1 is 1.25 bits per heavy atom. The summed E-state index contributed by atoms with van der Waals surface area (Å²) in [7, 11) is 0. The fourth-order valence-electron chi connectivity index (χ4n) is 0. The van der Waals surface area contributed by atoms with E-state index < -0.39 is 0 Å². The van der Waals surface area contributed by atoms with Gasteiger partial charge in [0.1, 0.15) is 0 Å². The van der Waals surface area contributed by atoms with Crippen molar-refractivity contribution >= 4 is 0 Å². The average Bonchev–Trinajstić information content (AvgIpc) is 0. The normalized spacial score (nSPS) is 0. The molecular weight excluding hydrogens is 171 g/mol. The monoisotopic (exact) mass is 173 g/mol. The van der Waals surface area contributed by atoms with Crippen molar-refractivity contribution in [2.24, 2.45) is 0 Å². The Hall–Kier alpha value is 3.05. The molecule has 13 valence electrons. The predicted octanol–water partition coefficient (Wildman–Crippen LogP) is -5.77. The van der Waals surface area contributed by atoms with Crippen LogP contribution in [0, 0.1) is 0 Å². The summed E-state index contributed by atoms with van der Waals surface area (Å²) in [5, 5.41) is 0. The zero-order chi connectivity index (χ0) is 0. The first-order chi connectivity index (χ1) is 0. The van der Waals surface area contributed by atoms with E-state index in [0.29, 0.717) is 0 Å². The van der Waals surface area contributed by atoms with Crippen molar-refractivity contribution < 1.29 is 95.4 Å². The van der Waals surface area contributed by atoms with Crippen molar-refractivity contribution in [3.63, 3.8) is 0 Å². The quantitative estimate of drug-likeness (QED) is 0.320. The number of hydrogen-bond acceptors (Lipinski definition) is 0. The third-order valence-corrected chi connectivity index (χ3v) is 0. The minimum Gasteiger partial charge on any atom is -1.00 e. The molecule has 0 amide bonds. The van der Waals surface area contributed by atoms with E-state index >= 15 is 0 Å². The van der Waals surface area contributed by atoms with Crippen LogP contribution in [0.4, 0.5) is 0 Å². The average molecular weight is 173 g/mol. The molecule has 0 N–H and O–H groups in total. The Morgan fingerprint density at radius 3 is 1.25 bits per heavy atom.